The first-order valence-electron chi connectivity index (χ1n) is 2.20. The zero-order valence-electron chi connectivity index (χ0n) is 4.72. The molecule has 0 aliphatic rings. The Hall–Kier alpha value is 1.21. The van der Waals surface area contributed by atoms with Crippen molar-refractivity contribution < 1.29 is 48.0 Å². The average molecular weight is 358 g/mol. The van der Waals surface area contributed by atoms with E-state index in [1.807, 2.05) is 30.3 Å². The quantitative estimate of drug-likeness (QED) is 0.321. The van der Waals surface area contributed by atoms with Crippen LogP contribution in [0.3, 0.4) is 0 Å². The van der Waals surface area contributed by atoms with Gasteiger partial charge in [-0.3, -0.25) is 0 Å². The van der Waals surface area contributed by atoms with Crippen LogP contribution in [0.5, 0.6) is 0 Å². The van der Waals surface area contributed by atoms with Crippen molar-refractivity contribution in [1.82, 2.24) is 0 Å². The minimum absolute atomic E-state index is 0. The molecule has 0 amide bonds. The van der Waals surface area contributed by atoms with E-state index in [-0.39, 0.29) is 48.0 Å². The largest absolute Gasteiger partial charge is 1.00 e. The van der Waals surface area contributed by atoms with E-state index < -0.39 is 0 Å². The molecule has 0 unspecified atom stereocenters. The van der Waals surface area contributed by atoms with Crippen LogP contribution in [0.2, 0.25) is 0 Å². The molecular weight excluding hydrogens is 353 g/mol. The van der Waals surface area contributed by atoms with Crippen molar-refractivity contribution in [3.8, 4) is 0 Å². The molecule has 0 saturated heterocycles. The van der Waals surface area contributed by atoms with E-state index in [1.54, 1.807) is 0 Å². The van der Waals surface area contributed by atoms with Crippen molar-refractivity contribution in [2.45, 2.75) is 0 Å². The Labute approximate surface area is 97.9 Å². The van der Waals surface area contributed by atoms with Crippen LogP contribution in [-0.2, 0) is 0 Å². The average Bonchev–Trinajstić information content (AvgIpc) is 1.69. The molecule has 0 bridgehead atoms. The molecule has 0 spiro atoms. The summed E-state index contributed by atoms with van der Waals surface area (Å²) in [7, 11) is 0. The monoisotopic (exact) mass is 358 g/mol. The molecule has 0 aromatic heterocycles. The SMILES string of the molecule is [Al+2][c]1ccccc1.[I-].[I-]. The summed E-state index contributed by atoms with van der Waals surface area (Å²) in [5, 5.41) is 0. The first-order chi connectivity index (χ1) is 3.39. The maximum Gasteiger partial charge on any atom is -1.00 e. The van der Waals surface area contributed by atoms with Crippen molar-refractivity contribution in [1.29, 1.82) is 0 Å². The number of hydrogen-bond acceptors (Lipinski definition) is 0. The molecule has 1 rings (SSSR count). The van der Waals surface area contributed by atoms with Gasteiger partial charge in [-0.2, -0.15) is 0 Å². The molecule has 46 valence electrons. The molecule has 1 aromatic rings. The second kappa shape index (κ2) is 7.32. The van der Waals surface area contributed by atoms with E-state index in [0.717, 1.165) is 0 Å². The van der Waals surface area contributed by atoms with Gasteiger partial charge in [0.15, 0.2) is 0 Å². The van der Waals surface area contributed by atoms with Crippen LogP contribution in [-0.4, -0.2) is 16.3 Å². The Morgan fingerprint density at radius 3 is 1.56 bits per heavy atom. The van der Waals surface area contributed by atoms with Gasteiger partial charge in [-0.1, -0.05) is 0 Å². The molecule has 0 saturated carbocycles. The first kappa shape index (κ1) is 12.9. The predicted octanol–water partition coefficient (Wildman–Crippen LogP) is -5.51. The number of benzene rings is 1. The van der Waals surface area contributed by atoms with Crippen LogP contribution < -0.4 is 52.4 Å². The summed E-state index contributed by atoms with van der Waals surface area (Å²) in [6.07, 6.45) is 0. The Bertz CT molecular complexity index is 141. The number of rotatable bonds is 0. The Balaban J connectivity index is 0. The van der Waals surface area contributed by atoms with Gasteiger partial charge in [-0.05, 0) is 0 Å². The third kappa shape index (κ3) is 5.65. The fourth-order valence-electron chi connectivity index (χ4n) is 0.453. The number of hydrogen-bond donors (Lipinski definition) is 0. The van der Waals surface area contributed by atoms with E-state index in [0.29, 0.717) is 0 Å². The molecule has 0 aliphatic heterocycles. The summed E-state index contributed by atoms with van der Waals surface area (Å²) in [5.74, 6) is 0. The van der Waals surface area contributed by atoms with Crippen LogP contribution in [0.15, 0.2) is 30.3 Å². The van der Waals surface area contributed by atoms with Gasteiger partial charge in [-0.15, -0.1) is 0 Å². The van der Waals surface area contributed by atoms with Gasteiger partial charge in [0, 0.05) is 0 Å². The maximum absolute atomic E-state index is 2.63. The molecule has 0 N–H and O–H groups in total. The van der Waals surface area contributed by atoms with E-state index in [2.05, 4.69) is 16.3 Å². The van der Waals surface area contributed by atoms with E-state index >= 15 is 0 Å². The van der Waals surface area contributed by atoms with Crippen LogP contribution in [0, 0.1) is 0 Å². The zero-order valence-corrected chi connectivity index (χ0v) is 10.2. The van der Waals surface area contributed by atoms with Gasteiger partial charge in [0.05, 0.1) is 0 Å². The Morgan fingerprint density at radius 2 is 1.33 bits per heavy atom. The molecular formula is C6H5AlI2. The zero-order chi connectivity index (χ0) is 5.11. The topological polar surface area (TPSA) is 0 Å². The smallest absolute Gasteiger partial charge is 1.00 e. The summed E-state index contributed by atoms with van der Waals surface area (Å²) < 4.78 is 1.24. The van der Waals surface area contributed by atoms with Crippen LogP contribution in [0.25, 0.3) is 0 Å². The van der Waals surface area contributed by atoms with Gasteiger partial charge in [0.2, 0.25) is 0 Å². The molecule has 3 heteroatoms. The summed E-state index contributed by atoms with van der Waals surface area (Å²) >= 11 is 2.63. The van der Waals surface area contributed by atoms with E-state index in [1.165, 1.54) is 4.43 Å². The van der Waals surface area contributed by atoms with Gasteiger partial charge in [0.25, 0.3) is 0 Å². The Kier molecular flexibility index (Phi) is 10.5. The summed E-state index contributed by atoms with van der Waals surface area (Å²) in [6.45, 7) is 0. The van der Waals surface area contributed by atoms with Crippen LogP contribution in [0.4, 0.5) is 0 Å². The van der Waals surface area contributed by atoms with Gasteiger partial charge < -0.3 is 48.0 Å². The van der Waals surface area contributed by atoms with Gasteiger partial charge in [-0.25, -0.2) is 0 Å². The summed E-state index contributed by atoms with van der Waals surface area (Å²) in [5.41, 5.74) is 0. The number of halogens is 2. The van der Waals surface area contributed by atoms with E-state index in [9.17, 15) is 0 Å². The fraction of sp³-hybridized carbons (Fsp3) is 0. The minimum atomic E-state index is 0. The van der Waals surface area contributed by atoms with Crippen molar-refractivity contribution in [2.75, 3.05) is 0 Å². The third-order valence-electron chi connectivity index (χ3n) is 0.800. The molecule has 0 atom stereocenters. The fourth-order valence-corrected chi connectivity index (χ4v) is 0.675. The molecule has 0 heterocycles. The normalized spacial score (nSPS) is 6.89. The first-order valence-corrected chi connectivity index (χ1v) is 2.78. The van der Waals surface area contributed by atoms with Crippen LogP contribution in [0.1, 0.15) is 0 Å². The maximum atomic E-state index is 2.63. The Morgan fingerprint density at radius 1 is 0.889 bits per heavy atom. The van der Waals surface area contributed by atoms with Crippen LogP contribution >= 0.6 is 0 Å². The van der Waals surface area contributed by atoms with Gasteiger partial charge in [0.1, 0.15) is 0 Å². The minimum Gasteiger partial charge on any atom is -1.00 e. The van der Waals surface area contributed by atoms with Gasteiger partial charge >= 0.3 is 51.0 Å². The molecule has 1 aromatic carbocycles. The van der Waals surface area contributed by atoms with Crippen molar-refractivity contribution in [3.63, 3.8) is 0 Å². The second-order valence-electron chi connectivity index (χ2n) is 1.41. The van der Waals surface area contributed by atoms with Crippen molar-refractivity contribution in [3.05, 3.63) is 30.3 Å². The summed E-state index contributed by atoms with van der Waals surface area (Å²) in [4.78, 5) is 0. The third-order valence-corrected chi connectivity index (χ3v) is 1.18. The molecule has 0 aliphatic carbocycles. The molecule has 0 radical (unpaired) electrons. The second-order valence-corrected chi connectivity index (χ2v) is 2.08. The van der Waals surface area contributed by atoms with Crippen molar-refractivity contribution in [2.24, 2.45) is 0 Å². The predicted molar refractivity (Wildman–Crippen MR) is 31.8 cm³/mol. The molecule has 9 heavy (non-hydrogen) atoms. The molecule has 0 fully saturated rings. The molecule has 0 nitrogen and oxygen atoms in total. The standard InChI is InChI=1S/C6H5.Al.2HI/c1-2-4-6-5-3-1;;;/h1-5H;;2*1H/q;+2;;/p-2. The van der Waals surface area contributed by atoms with E-state index in [4.69, 9.17) is 0 Å². The van der Waals surface area contributed by atoms with Crippen molar-refractivity contribution >= 4 is 20.7 Å². The summed E-state index contributed by atoms with van der Waals surface area (Å²) in [6, 6.07) is 10.1.